The highest BCUT2D eigenvalue weighted by Gasteiger charge is 2.38. The first-order valence-electron chi connectivity index (χ1n) is 3.86. The molecule has 1 amide bonds. The van der Waals surface area contributed by atoms with Crippen LogP contribution in [0.25, 0.3) is 0 Å². The van der Waals surface area contributed by atoms with Crippen LogP contribution in [-0.2, 0) is 4.79 Å². The van der Waals surface area contributed by atoms with Crippen molar-refractivity contribution in [2.45, 2.75) is 19.9 Å². The van der Waals surface area contributed by atoms with Crippen LogP contribution in [0.4, 0.5) is 0 Å². The van der Waals surface area contributed by atoms with Gasteiger partial charge in [0.15, 0.2) is 0 Å². The Bertz CT molecular complexity index is 188. The van der Waals surface area contributed by atoms with Crippen LogP contribution >= 0.6 is 23.7 Å². The Labute approximate surface area is 82.3 Å². The summed E-state index contributed by atoms with van der Waals surface area (Å²) in [5.74, 6) is 0.454. The van der Waals surface area contributed by atoms with Gasteiger partial charge in [-0.1, -0.05) is 13.8 Å². The summed E-state index contributed by atoms with van der Waals surface area (Å²) in [5.41, 5.74) is 0. The van der Waals surface area contributed by atoms with E-state index in [4.69, 9.17) is 11.6 Å². The van der Waals surface area contributed by atoms with Gasteiger partial charge in [0.05, 0.1) is 0 Å². The minimum atomic E-state index is -0.0197. The number of rotatable bonds is 2. The summed E-state index contributed by atoms with van der Waals surface area (Å²) in [6.45, 7) is 4.08. The van der Waals surface area contributed by atoms with Gasteiger partial charge in [-0.25, -0.2) is 4.31 Å². The second-order valence-electron chi connectivity index (χ2n) is 3.15. The van der Waals surface area contributed by atoms with Crippen molar-refractivity contribution in [3.05, 3.63) is 0 Å². The van der Waals surface area contributed by atoms with Crippen molar-refractivity contribution in [3.8, 4) is 0 Å². The van der Waals surface area contributed by atoms with Crippen LogP contribution in [0.3, 0.4) is 0 Å². The molecule has 1 unspecified atom stereocenters. The third kappa shape index (κ3) is 1.70. The predicted molar refractivity (Wildman–Crippen MR) is 51.5 cm³/mol. The minimum absolute atomic E-state index is 0.0197. The lowest BCUT2D eigenvalue weighted by Crippen LogP contribution is -2.35. The molecule has 0 N–H and O–H groups in total. The Hall–Kier alpha value is 0.0700. The third-order valence-electron chi connectivity index (χ3n) is 1.86. The highest BCUT2D eigenvalue weighted by Crippen LogP contribution is 2.31. The summed E-state index contributed by atoms with van der Waals surface area (Å²) in [7, 11) is 1.92. The molecular weight excluding hydrogens is 196 g/mol. The number of hydrogen-bond donors (Lipinski definition) is 0. The fourth-order valence-corrected chi connectivity index (χ4v) is 2.56. The topological polar surface area (TPSA) is 23.6 Å². The Morgan fingerprint density at radius 1 is 1.67 bits per heavy atom. The average Bonchev–Trinajstić information content (AvgIpc) is 2.25. The third-order valence-corrected chi connectivity index (χ3v) is 3.23. The highest BCUT2D eigenvalue weighted by molar-refractivity contribution is 7.95. The molecule has 3 nitrogen and oxygen atoms in total. The quantitative estimate of drug-likeness (QED) is 0.391. The molecule has 0 spiro atoms. The van der Waals surface area contributed by atoms with Gasteiger partial charge in [0, 0.05) is 19.2 Å². The van der Waals surface area contributed by atoms with Crippen LogP contribution in [0.2, 0.25) is 0 Å². The first kappa shape index (κ1) is 10.2. The zero-order valence-corrected chi connectivity index (χ0v) is 9.02. The van der Waals surface area contributed by atoms with Crippen LogP contribution in [0.5, 0.6) is 0 Å². The summed E-state index contributed by atoms with van der Waals surface area (Å²) >= 11 is 6.99. The summed E-state index contributed by atoms with van der Waals surface area (Å²) in [5, 5.41) is 0. The van der Waals surface area contributed by atoms with Crippen molar-refractivity contribution in [2.75, 3.05) is 13.1 Å². The van der Waals surface area contributed by atoms with Gasteiger partial charge in [0.1, 0.15) is 12.0 Å². The van der Waals surface area contributed by atoms with E-state index in [1.165, 1.54) is 12.1 Å². The van der Waals surface area contributed by atoms with E-state index in [2.05, 4.69) is 0 Å². The predicted octanol–water partition coefficient (Wildman–Crippen LogP) is 1.54. The second kappa shape index (κ2) is 3.85. The van der Waals surface area contributed by atoms with Crippen LogP contribution in [0.1, 0.15) is 13.8 Å². The maximum Gasteiger partial charge on any atom is 0.253 e. The normalized spacial score (nSPS) is 25.9. The molecule has 1 heterocycles. The molecule has 70 valence electrons. The van der Waals surface area contributed by atoms with Gasteiger partial charge in [0.25, 0.3) is 5.91 Å². The molecule has 1 aliphatic heterocycles. The number of nitrogens with zero attached hydrogens (tertiary/aromatic N) is 2. The molecular formula is C7H13ClN2OS. The number of hydrogen-bond acceptors (Lipinski definition) is 3. The van der Waals surface area contributed by atoms with Gasteiger partial charge in [-0.2, -0.15) is 0 Å². The largest absolute Gasteiger partial charge is 0.272 e. The van der Waals surface area contributed by atoms with E-state index >= 15 is 0 Å². The average molecular weight is 209 g/mol. The zero-order valence-electron chi connectivity index (χ0n) is 7.45. The highest BCUT2D eigenvalue weighted by atomic mass is 35.5. The number of carbonyl (C=O) groups is 1. The van der Waals surface area contributed by atoms with Crippen molar-refractivity contribution in [2.24, 2.45) is 5.92 Å². The van der Waals surface area contributed by atoms with Gasteiger partial charge < -0.3 is 0 Å². The van der Waals surface area contributed by atoms with Crippen molar-refractivity contribution in [1.29, 1.82) is 0 Å². The molecule has 0 bridgehead atoms. The van der Waals surface area contributed by atoms with Crippen molar-refractivity contribution >= 4 is 29.6 Å². The van der Waals surface area contributed by atoms with E-state index in [9.17, 15) is 4.79 Å². The molecule has 0 saturated carbocycles. The van der Waals surface area contributed by atoms with E-state index in [-0.39, 0.29) is 18.0 Å². The molecule has 5 heteroatoms. The fourth-order valence-electron chi connectivity index (χ4n) is 1.34. The van der Waals surface area contributed by atoms with Crippen molar-refractivity contribution in [1.82, 2.24) is 8.61 Å². The van der Waals surface area contributed by atoms with Crippen LogP contribution in [0, 0.1) is 5.92 Å². The number of amides is 1. The van der Waals surface area contributed by atoms with Crippen molar-refractivity contribution in [3.63, 3.8) is 0 Å². The summed E-state index contributed by atoms with van der Waals surface area (Å²) in [6, 6.07) is 0.241. The second-order valence-corrected chi connectivity index (χ2v) is 4.57. The summed E-state index contributed by atoms with van der Waals surface area (Å²) in [6.07, 6.45) is 0. The van der Waals surface area contributed by atoms with E-state index in [0.717, 1.165) is 0 Å². The Morgan fingerprint density at radius 2 is 2.25 bits per heavy atom. The van der Waals surface area contributed by atoms with Gasteiger partial charge in [-0.3, -0.25) is 9.10 Å². The van der Waals surface area contributed by atoms with Gasteiger partial charge >= 0.3 is 0 Å². The minimum Gasteiger partial charge on any atom is -0.272 e. The molecule has 1 saturated heterocycles. The standard InChI is InChI=1S/C7H13ClN2OS/c1-5(2)6-7(11)10(4-8)12-9(6)3/h5-6H,4H2,1-3H3. The molecule has 1 atom stereocenters. The molecule has 0 aromatic heterocycles. The lowest BCUT2D eigenvalue weighted by molar-refractivity contribution is -0.128. The summed E-state index contributed by atoms with van der Waals surface area (Å²) in [4.78, 5) is 11.6. The van der Waals surface area contributed by atoms with E-state index in [1.807, 2.05) is 25.2 Å². The Morgan fingerprint density at radius 3 is 2.50 bits per heavy atom. The first-order chi connectivity index (χ1) is 5.57. The molecule has 1 aliphatic rings. The van der Waals surface area contributed by atoms with Crippen molar-refractivity contribution < 1.29 is 4.79 Å². The molecule has 1 fully saturated rings. The molecule has 0 radical (unpaired) electrons. The number of alkyl halides is 1. The number of carbonyl (C=O) groups excluding carboxylic acids is 1. The van der Waals surface area contributed by atoms with Crippen LogP contribution < -0.4 is 0 Å². The van der Waals surface area contributed by atoms with E-state index in [1.54, 1.807) is 4.31 Å². The number of likely N-dealkylation sites (N-methyl/N-ethyl adjacent to an activating group) is 1. The number of halogens is 1. The smallest absolute Gasteiger partial charge is 0.253 e. The van der Waals surface area contributed by atoms with Crippen LogP contribution in [0.15, 0.2) is 0 Å². The molecule has 0 aliphatic carbocycles. The monoisotopic (exact) mass is 208 g/mol. The zero-order chi connectivity index (χ0) is 9.30. The fraction of sp³-hybridized carbons (Fsp3) is 0.857. The molecule has 0 aromatic rings. The maximum atomic E-state index is 11.6. The van der Waals surface area contributed by atoms with Gasteiger partial charge in [0.2, 0.25) is 0 Å². The van der Waals surface area contributed by atoms with Gasteiger partial charge in [-0.05, 0) is 5.92 Å². The van der Waals surface area contributed by atoms with Gasteiger partial charge in [-0.15, -0.1) is 11.6 Å². The molecule has 0 aromatic carbocycles. The van der Waals surface area contributed by atoms with E-state index < -0.39 is 0 Å². The summed E-state index contributed by atoms with van der Waals surface area (Å²) < 4.78 is 3.53. The Balaban J connectivity index is 2.70. The Kier molecular flexibility index (Phi) is 3.26. The lowest BCUT2D eigenvalue weighted by atomic mass is 10.0. The maximum absolute atomic E-state index is 11.6. The SMILES string of the molecule is CC(C)C1C(=O)N(CCl)SN1C. The molecule has 1 rings (SSSR count). The van der Waals surface area contributed by atoms with E-state index in [0.29, 0.717) is 5.92 Å². The molecule has 12 heavy (non-hydrogen) atoms. The lowest BCUT2D eigenvalue weighted by Gasteiger charge is -2.17. The van der Waals surface area contributed by atoms with Crippen LogP contribution in [-0.4, -0.2) is 33.6 Å². The first-order valence-corrected chi connectivity index (χ1v) is 5.12.